The van der Waals surface area contributed by atoms with Gasteiger partial charge in [-0.15, -0.1) is 8.07 Å². The predicted molar refractivity (Wildman–Crippen MR) is 37.8 cm³/mol. The Morgan fingerprint density at radius 1 is 1.22 bits per heavy atom. The Kier molecular flexibility index (Phi) is 6.36. The van der Waals surface area contributed by atoms with E-state index in [1.807, 2.05) is 19.6 Å². The van der Waals surface area contributed by atoms with Gasteiger partial charge in [-0.2, -0.15) is 0 Å². The molecule has 0 aliphatic heterocycles. The minimum absolute atomic E-state index is 0. The van der Waals surface area contributed by atoms with E-state index in [4.69, 9.17) is 10.0 Å². The van der Waals surface area contributed by atoms with Crippen LogP contribution in [0.5, 0.6) is 0 Å². The van der Waals surface area contributed by atoms with Crippen LogP contribution in [-0.2, 0) is 0 Å². The number of hydrogen-bond acceptors (Lipinski definition) is 2. The topological polar surface area (TPSA) is 40.5 Å². The maximum absolute atomic E-state index is 8.42. The fourth-order valence-corrected chi connectivity index (χ4v) is 1.34. The Morgan fingerprint density at radius 3 is 1.56 bits per heavy atom. The van der Waals surface area contributed by atoms with E-state index in [9.17, 15) is 0 Å². The zero-order chi connectivity index (χ0) is 6.78. The molecule has 0 aromatic carbocycles. The van der Waals surface area contributed by atoms with Crippen molar-refractivity contribution in [2.24, 2.45) is 0 Å². The first-order chi connectivity index (χ1) is 3.42. The third kappa shape index (κ3) is 12.1. The van der Waals surface area contributed by atoms with Gasteiger partial charge >= 0.3 is 18.9 Å². The first-order valence-corrected chi connectivity index (χ1v) is 6.22. The van der Waals surface area contributed by atoms with Crippen molar-refractivity contribution in [3.8, 4) is 0 Å². The van der Waals surface area contributed by atoms with E-state index >= 15 is 0 Å². The minimum Gasteiger partial charge on any atom is -0.452 e. The molecule has 0 heterocycles. The van der Waals surface area contributed by atoms with Crippen molar-refractivity contribution in [2.45, 2.75) is 19.6 Å². The molecule has 0 spiro atoms. The smallest absolute Gasteiger partial charge is 0.452 e. The average molecular weight is 138 g/mol. The summed E-state index contributed by atoms with van der Waals surface area (Å²) in [5, 5.41) is 16.8. The first kappa shape index (κ1) is 12.5. The van der Waals surface area contributed by atoms with Crippen LogP contribution < -0.4 is 18.9 Å². The maximum Gasteiger partial charge on any atom is 1.00 e. The van der Waals surface area contributed by atoms with Crippen LogP contribution >= 0.6 is 0 Å². The second kappa shape index (κ2) is 4.59. The molecule has 48 valence electrons. The van der Waals surface area contributed by atoms with E-state index in [1.165, 1.54) is 0 Å². The molecule has 0 aromatic rings. The second-order valence-electron chi connectivity index (χ2n) is 2.95. The molecule has 0 fully saturated rings. The minimum atomic E-state index is -1.35. The van der Waals surface area contributed by atoms with Gasteiger partial charge in [0.2, 0.25) is 0 Å². The van der Waals surface area contributed by atoms with Crippen LogP contribution in [-0.4, -0.2) is 25.2 Å². The fourth-order valence-electron chi connectivity index (χ4n) is 0.447. The average Bonchev–Trinajstić information content (AvgIpc) is 1.21. The molecule has 9 heavy (non-hydrogen) atoms. The van der Waals surface area contributed by atoms with Gasteiger partial charge in [0.15, 0.2) is 0 Å². The van der Waals surface area contributed by atoms with Gasteiger partial charge in [-0.05, 0) is 0 Å². The molecule has 0 aromatic heterocycles. The van der Waals surface area contributed by atoms with E-state index in [1.54, 1.807) is 5.94 Å². The standard InChI is InChI=1S/C4H12BO2Si.Li/c1-8(2,3)4-5(6)7;/h4,6-7H,1-3H3;/q-1;+1. The van der Waals surface area contributed by atoms with E-state index in [-0.39, 0.29) is 18.9 Å². The van der Waals surface area contributed by atoms with E-state index in [0.717, 1.165) is 0 Å². The van der Waals surface area contributed by atoms with Gasteiger partial charge in [0, 0.05) is 0 Å². The largest absolute Gasteiger partial charge is 1.00 e. The summed E-state index contributed by atoms with van der Waals surface area (Å²) < 4.78 is 0. The van der Waals surface area contributed by atoms with Gasteiger partial charge in [0.1, 0.15) is 0 Å². The van der Waals surface area contributed by atoms with Crippen molar-refractivity contribution in [3.63, 3.8) is 0 Å². The Balaban J connectivity index is 0. The van der Waals surface area contributed by atoms with Crippen LogP contribution in [0.25, 0.3) is 0 Å². The van der Waals surface area contributed by atoms with E-state index in [0.29, 0.717) is 0 Å². The third-order valence-corrected chi connectivity index (χ3v) is 1.95. The van der Waals surface area contributed by atoms with Crippen molar-refractivity contribution in [1.29, 1.82) is 0 Å². The first-order valence-electron chi connectivity index (χ1n) is 2.64. The van der Waals surface area contributed by atoms with Crippen LogP contribution in [0.15, 0.2) is 0 Å². The zero-order valence-corrected chi connectivity index (χ0v) is 7.55. The maximum atomic E-state index is 8.42. The van der Waals surface area contributed by atoms with Gasteiger partial charge in [0.05, 0.1) is 0 Å². The van der Waals surface area contributed by atoms with Crippen LogP contribution in [0.4, 0.5) is 0 Å². The van der Waals surface area contributed by atoms with Gasteiger partial charge in [0.25, 0.3) is 7.12 Å². The van der Waals surface area contributed by atoms with Gasteiger partial charge in [-0.25, -0.2) is 0 Å². The summed E-state index contributed by atoms with van der Waals surface area (Å²) in [6.07, 6.45) is 0. The molecule has 0 bridgehead atoms. The summed E-state index contributed by atoms with van der Waals surface area (Å²) >= 11 is 0. The van der Waals surface area contributed by atoms with E-state index < -0.39 is 15.2 Å². The van der Waals surface area contributed by atoms with Gasteiger partial charge in [-0.1, -0.05) is 19.6 Å². The molecule has 0 radical (unpaired) electrons. The molecule has 5 heteroatoms. The molecular weight excluding hydrogens is 126 g/mol. The zero-order valence-electron chi connectivity index (χ0n) is 6.55. The summed E-state index contributed by atoms with van der Waals surface area (Å²) in [5.74, 6) is 1.60. The summed E-state index contributed by atoms with van der Waals surface area (Å²) in [6.45, 7) is 6.14. The normalized spacial score (nSPS) is 10.3. The number of rotatable bonds is 2. The molecule has 0 unspecified atom stereocenters. The van der Waals surface area contributed by atoms with Crippen LogP contribution in [0.2, 0.25) is 19.6 Å². The fraction of sp³-hybridized carbons (Fsp3) is 0.750. The molecule has 0 atom stereocenters. The van der Waals surface area contributed by atoms with E-state index in [2.05, 4.69) is 0 Å². The molecule has 0 rings (SSSR count). The molecule has 0 saturated heterocycles. The quantitative estimate of drug-likeness (QED) is 0.317. The summed E-state index contributed by atoms with van der Waals surface area (Å²) in [4.78, 5) is 0. The summed E-state index contributed by atoms with van der Waals surface area (Å²) in [5.41, 5.74) is 0. The van der Waals surface area contributed by atoms with Crippen molar-refractivity contribution < 1.29 is 28.9 Å². The Bertz CT molecular complexity index is 73.5. The Labute approximate surface area is 70.0 Å². The Hall–Kier alpha value is 0.799. The summed E-state index contributed by atoms with van der Waals surface area (Å²) in [7, 11) is -2.57. The van der Waals surface area contributed by atoms with Crippen LogP contribution in [0.3, 0.4) is 0 Å². The SMILES string of the molecule is C[Si](C)(C)[CH-]B(O)O.[Li+]. The van der Waals surface area contributed by atoms with Crippen molar-refractivity contribution in [1.82, 2.24) is 0 Å². The molecule has 0 aliphatic rings. The monoisotopic (exact) mass is 138 g/mol. The third-order valence-electron chi connectivity index (χ3n) is 0.649. The van der Waals surface area contributed by atoms with Gasteiger partial charge < -0.3 is 10.0 Å². The Morgan fingerprint density at radius 2 is 1.56 bits per heavy atom. The van der Waals surface area contributed by atoms with Crippen LogP contribution in [0.1, 0.15) is 0 Å². The number of hydrogen-bond donors (Lipinski definition) is 2. The molecule has 2 nitrogen and oxygen atoms in total. The molecular formula is C4H12BLiO2Si. The molecule has 0 aliphatic carbocycles. The van der Waals surface area contributed by atoms with Gasteiger partial charge in [-0.3, -0.25) is 5.94 Å². The van der Waals surface area contributed by atoms with Crippen molar-refractivity contribution in [2.75, 3.05) is 0 Å². The second-order valence-corrected chi connectivity index (χ2v) is 8.01. The molecule has 2 N–H and O–H groups in total. The predicted octanol–water partition coefficient (Wildman–Crippen LogP) is -2.92. The summed E-state index contributed by atoms with van der Waals surface area (Å²) in [6, 6.07) is 0. The molecule has 0 amide bonds. The van der Waals surface area contributed by atoms with Crippen LogP contribution in [0, 0.1) is 5.94 Å². The molecule has 0 saturated carbocycles. The van der Waals surface area contributed by atoms with Crippen molar-refractivity contribution in [3.05, 3.63) is 5.94 Å². The van der Waals surface area contributed by atoms with Crippen molar-refractivity contribution >= 4 is 15.2 Å².